The molecule has 1 amide bonds. The zero-order valence-electron chi connectivity index (χ0n) is 12.2. The molecule has 1 heterocycles. The third kappa shape index (κ3) is 5.00. The van der Waals surface area contributed by atoms with E-state index < -0.39 is 0 Å². The SMILES string of the molecule is CC(CNC(=O)c1ccncc1C#CCCO)N(C)C. The largest absolute Gasteiger partial charge is 0.395 e. The number of hydrogen-bond acceptors (Lipinski definition) is 4. The topological polar surface area (TPSA) is 65.5 Å². The number of nitrogens with one attached hydrogen (secondary N) is 1. The second-order valence-electron chi connectivity index (χ2n) is 4.72. The monoisotopic (exact) mass is 275 g/mol. The summed E-state index contributed by atoms with van der Waals surface area (Å²) in [6.45, 7) is 2.61. The van der Waals surface area contributed by atoms with E-state index in [1.807, 2.05) is 25.9 Å². The lowest BCUT2D eigenvalue weighted by atomic mass is 10.1. The predicted octanol–water partition coefficient (Wildman–Crippen LogP) is 0.495. The number of amides is 1. The number of aliphatic hydroxyl groups is 1. The Bertz CT molecular complexity index is 503. The molecule has 1 unspecified atom stereocenters. The van der Waals surface area contributed by atoms with Gasteiger partial charge in [-0.25, -0.2) is 0 Å². The summed E-state index contributed by atoms with van der Waals surface area (Å²) in [5, 5.41) is 11.6. The molecule has 108 valence electrons. The summed E-state index contributed by atoms with van der Waals surface area (Å²) < 4.78 is 0. The summed E-state index contributed by atoms with van der Waals surface area (Å²) in [5.74, 6) is 5.51. The molecule has 5 heteroatoms. The summed E-state index contributed by atoms with van der Waals surface area (Å²) in [6.07, 6.45) is 3.52. The molecule has 1 atom stereocenters. The summed E-state index contributed by atoms with van der Waals surface area (Å²) >= 11 is 0. The van der Waals surface area contributed by atoms with Gasteiger partial charge in [-0.2, -0.15) is 0 Å². The average Bonchev–Trinajstić information content (AvgIpc) is 2.45. The van der Waals surface area contributed by atoms with Crippen LogP contribution in [-0.4, -0.2) is 54.2 Å². The third-order valence-corrected chi connectivity index (χ3v) is 2.97. The molecule has 0 bridgehead atoms. The van der Waals surface area contributed by atoms with E-state index in [0.29, 0.717) is 24.1 Å². The molecule has 1 rings (SSSR count). The molecule has 0 fully saturated rings. The first kappa shape index (κ1) is 16.2. The van der Waals surface area contributed by atoms with Crippen LogP contribution in [0.1, 0.15) is 29.3 Å². The summed E-state index contributed by atoms with van der Waals surface area (Å²) in [7, 11) is 3.93. The van der Waals surface area contributed by atoms with E-state index in [4.69, 9.17) is 5.11 Å². The van der Waals surface area contributed by atoms with Gasteiger partial charge >= 0.3 is 0 Å². The van der Waals surface area contributed by atoms with Crippen LogP contribution in [0.15, 0.2) is 18.5 Å². The Balaban J connectivity index is 2.76. The van der Waals surface area contributed by atoms with Crippen LogP contribution in [0, 0.1) is 11.8 Å². The van der Waals surface area contributed by atoms with Crippen molar-refractivity contribution in [2.75, 3.05) is 27.2 Å². The third-order valence-electron chi connectivity index (χ3n) is 2.97. The van der Waals surface area contributed by atoms with Crippen LogP contribution >= 0.6 is 0 Å². The van der Waals surface area contributed by atoms with E-state index in [9.17, 15) is 4.79 Å². The van der Waals surface area contributed by atoms with Gasteiger partial charge < -0.3 is 15.3 Å². The molecule has 0 saturated heterocycles. The summed E-state index contributed by atoms with van der Waals surface area (Å²) in [4.78, 5) is 18.2. The standard InChI is InChI=1S/C15H21N3O2/c1-12(18(2)3)10-17-15(20)14-7-8-16-11-13(14)6-4-5-9-19/h7-8,11-12,19H,5,9-10H2,1-3H3,(H,17,20). The minimum absolute atomic E-state index is 0.00907. The van der Waals surface area contributed by atoms with Crippen molar-refractivity contribution in [2.24, 2.45) is 0 Å². The number of aliphatic hydroxyl groups excluding tert-OH is 1. The second-order valence-corrected chi connectivity index (χ2v) is 4.72. The van der Waals surface area contributed by atoms with Gasteiger partial charge in [-0.05, 0) is 27.1 Å². The second kappa shape index (κ2) is 8.31. The lowest BCUT2D eigenvalue weighted by Crippen LogP contribution is -2.38. The van der Waals surface area contributed by atoms with Gasteiger partial charge in [0, 0.05) is 31.4 Å². The molecule has 0 aliphatic carbocycles. The van der Waals surface area contributed by atoms with Gasteiger partial charge in [-0.15, -0.1) is 0 Å². The van der Waals surface area contributed by atoms with Crippen molar-refractivity contribution >= 4 is 5.91 Å². The van der Waals surface area contributed by atoms with Crippen molar-refractivity contribution in [3.05, 3.63) is 29.6 Å². The molecule has 20 heavy (non-hydrogen) atoms. The van der Waals surface area contributed by atoms with Crippen molar-refractivity contribution in [1.29, 1.82) is 0 Å². The Hall–Kier alpha value is -1.90. The minimum Gasteiger partial charge on any atom is -0.395 e. The van der Waals surface area contributed by atoms with Crippen LogP contribution in [0.25, 0.3) is 0 Å². The molecule has 0 saturated carbocycles. The van der Waals surface area contributed by atoms with Crippen molar-refractivity contribution in [1.82, 2.24) is 15.2 Å². The van der Waals surface area contributed by atoms with Gasteiger partial charge in [0.05, 0.1) is 17.7 Å². The van der Waals surface area contributed by atoms with Gasteiger partial charge in [0.15, 0.2) is 0 Å². The number of pyridine rings is 1. The predicted molar refractivity (Wildman–Crippen MR) is 78.3 cm³/mol. The highest BCUT2D eigenvalue weighted by Gasteiger charge is 2.12. The van der Waals surface area contributed by atoms with E-state index >= 15 is 0 Å². The van der Waals surface area contributed by atoms with E-state index in [1.54, 1.807) is 18.5 Å². The zero-order chi connectivity index (χ0) is 15.0. The Kier molecular flexibility index (Phi) is 6.71. The van der Waals surface area contributed by atoms with E-state index in [0.717, 1.165) is 0 Å². The maximum atomic E-state index is 12.2. The normalized spacial score (nSPS) is 11.7. The molecule has 0 aromatic carbocycles. The first-order valence-corrected chi connectivity index (χ1v) is 6.54. The highest BCUT2D eigenvalue weighted by atomic mass is 16.2. The number of rotatable bonds is 5. The Labute approximate surface area is 120 Å². The molecule has 0 radical (unpaired) electrons. The van der Waals surface area contributed by atoms with E-state index in [2.05, 4.69) is 22.1 Å². The molecule has 0 spiro atoms. The number of likely N-dealkylation sites (N-methyl/N-ethyl adjacent to an activating group) is 1. The Morgan fingerprint density at radius 2 is 2.30 bits per heavy atom. The minimum atomic E-state index is -0.158. The lowest BCUT2D eigenvalue weighted by molar-refractivity contribution is 0.0943. The smallest absolute Gasteiger partial charge is 0.252 e. The highest BCUT2D eigenvalue weighted by Crippen LogP contribution is 2.05. The molecule has 2 N–H and O–H groups in total. The fourth-order valence-corrected chi connectivity index (χ4v) is 1.42. The first-order valence-electron chi connectivity index (χ1n) is 6.54. The van der Waals surface area contributed by atoms with Crippen LogP contribution in [0.3, 0.4) is 0 Å². The van der Waals surface area contributed by atoms with Crippen molar-refractivity contribution in [3.63, 3.8) is 0 Å². The molecule has 0 aliphatic rings. The van der Waals surface area contributed by atoms with E-state index in [-0.39, 0.29) is 18.6 Å². The Morgan fingerprint density at radius 1 is 1.55 bits per heavy atom. The highest BCUT2D eigenvalue weighted by molar-refractivity contribution is 5.96. The molecular weight excluding hydrogens is 254 g/mol. The number of hydrogen-bond donors (Lipinski definition) is 2. The van der Waals surface area contributed by atoms with Crippen molar-refractivity contribution in [3.8, 4) is 11.8 Å². The fourth-order valence-electron chi connectivity index (χ4n) is 1.42. The van der Waals surface area contributed by atoms with Gasteiger partial charge in [0.2, 0.25) is 0 Å². The van der Waals surface area contributed by atoms with Crippen LogP contribution in [0.2, 0.25) is 0 Å². The number of carbonyl (C=O) groups is 1. The molecular formula is C15H21N3O2. The quantitative estimate of drug-likeness (QED) is 0.768. The lowest BCUT2D eigenvalue weighted by Gasteiger charge is -2.20. The molecule has 1 aromatic heterocycles. The van der Waals surface area contributed by atoms with Gasteiger partial charge in [-0.1, -0.05) is 11.8 Å². The van der Waals surface area contributed by atoms with E-state index in [1.165, 1.54) is 0 Å². The molecule has 5 nitrogen and oxygen atoms in total. The van der Waals surface area contributed by atoms with Crippen molar-refractivity contribution in [2.45, 2.75) is 19.4 Å². The van der Waals surface area contributed by atoms with Gasteiger partial charge in [0.25, 0.3) is 5.91 Å². The molecule has 0 aliphatic heterocycles. The average molecular weight is 275 g/mol. The maximum absolute atomic E-state index is 12.2. The Morgan fingerprint density at radius 3 is 2.95 bits per heavy atom. The van der Waals surface area contributed by atoms with Crippen LogP contribution in [0.4, 0.5) is 0 Å². The zero-order valence-corrected chi connectivity index (χ0v) is 12.2. The summed E-state index contributed by atoms with van der Waals surface area (Å²) in [6, 6.07) is 1.91. The van der Waals surface area contributed by atoms with Crippen LogP contribution in [-0.2, 0) is 0 Å². The van der Waals surface area contributed by atoms with Gasteiger partial charge in [0.1, 0.15) is 0 Å². The maximum Gasteiger partial charge on any atom is 0.252 e. The fraction of sp³-hybridized carbons (Fsp3) is 0.467. The number of carbonyl (C=O) groups excluding carboxylic acids is 1. The number of nitrogens with zero attached hydrogens (tertiary/aromatic N) is 2. The van der Waals surface area contributed by atoms with Crippen LogP contribution < -0.4 is 5.32 Å². The first-order chi connectivity index (χ1) is 9.56. The summed E-state index contributed by atoms with van der Waals surface area (Å²) in [5.41, 5.74) is 1.09. The number of aromatic nitrogens is 1. The van der Waals surface area contributed by atoms with Crippen molar-refractivity contribution < 1.29 is 9.90 Å². The van der Waals surface area contributed by atoms with Gasteiger partial charge in [-0.3, -0.25) is 9.78 Å². The van der Waals surface area contributed by atoms with Crippen LogP contribution in [0.5, 0.6) is 0 Å². The molecule has 1 aromatic rings.